The Hall–Kier alpha value is -0.980. The highest BCUT2D eigenvalue weighted by atomic mass is 79.9. The molecular formula is C9H10BrN3OS. The van der Waals surface area contributed by atoms with E-state index in [0.29, 0.717) is 0 Å². The fraction of sp³-hybridized carbons (Fsp3) is 0.111. The maximum Gasteiger partial charge on any atom is 0.247 e. The topological polar surface area (TPSA) is 72.3 Å². The van der Waals surface area contributed by atoms with Crippen LogP contribution in [0.15, 0.2) is 28.7 Å². The van der Waals surface area contributed by atoms with Gasteiger partial charge in [-0.2, -0.15) is 0 Å². The summed E-state index contributed by atoms with van der Waals surface area (Å²) in [6.07, 6.45) is 0.162. The summed E-state index contributed by atoms with van der Waals surface area (Å²) in [7, 11) is 0. The lowest BCUT2D eigenvalue weighted by Crippen LogP contribution is -2.46. The van der Waals surface area contributed by atoms with Crippen molar-refractivity contribution in [3.63, 3.8) is 0 Å². The highest BCUT2D eigenvalue weighted by molar-refractivity contribution is 9.10. The van der Waals surface area contributed by atoms with Gasteiger partial charge in [0, 0.05) is 4.47 Å². The van der Waals surface area contributed by atoms with Gasteiger partial charge in [-0.3, -0.25) is 4.79 Å². The summed E-state index contributed by atoms with van der Waals surface area (Å²) in [6, 6.07) is 7.39. The van der Waals surface area contributed by atoms with Crippen molar-refractivity contribution in [3.8, 4) is 0 Å². The molecule has 0 aliphatic rings. The van der Waals surface area contributed by atoms with Crippen LogP contribution in [-0.2, 0) is 11.2 Å². The number of nitrogens with two attached hydrogens (primary N) is 2. The summed E-state index contributed by atoms with van der Waals surface area (Å²) in [4.78, 5) is 11.5. The molecule has 0 aromatic heterocycles. The van der Waals surface area contributed by atoms with E-state index in [-0.39, 0.29) is 17.4 Å². The normalized spacial score (nSPS) is 9.73. The SMILES string of the molecule is NC(=S)N(N)C(=O)Cc1ccccc1Br. The number of halogens is 1. The van der Waals surface area contributed by atoms with Crippen LogP contribution >= 0.6 is 28.1 Å². The van der Waals surface area contributed by atoms with E-state index >= 15 is 0 Å². The Kier molecular flexibility index (Phi) is 4.19. The lowest BCUT2D eigenvalue weighted by molar-refractivity contribution is -0.126. The molecule has 0 aliphatic carbocycles. The number of amides is 1. The van der Waals surface area contributed by atoms with E-state index < -0.39 is 0 Å². The molecule has 1 rings (SSSR count). The summed E-state index contributed by atoms with van der Waals surface area (Å²) in [5.74, 6) is 5.02. The van der Waals surface area contributed by atoms with Crippen molar-refractivity contribution < 1.29 is 4.79 Å². The molecule has 0 spiro atoms. The second-order valence-corrected chi connectivity index (χ2v) is 4.14. The third-order valence-electron chi connectivity index (χ3n) is 1.81. The first-order valence-corrected chi connectivity index (χ1v) is 5.33. The number of nitrogens with zero attached hydrogens (tertiary/aromatic N) is 1. The number of hydrazine groups is 1. The molecule has 0 fully saturated rings. The lowest BCUT2D eigenvalue weighted by Gasteiger charge is -2.14. The Labute approximate surface area is 101 Å². The van der Waals surface area contributed by atoms with Gasteiger partial charge in [-0.25, -0.2) is 10.9 Å². The first kappa shape index (κ1) is 12.1. The van der Waals surface area contributed by atoms with Crippen molar-refractivity contribution in [2.45, 2.75) is 6.42 Å². The standard InChI is InChI=1S/C9H10BrN3OS/c10-7-4-2-1-3-6(7)5-8(14)13(12)9(11)15/h1-4H,5,12H2,(H2,11,15). The van der Waals surface area contributed by atoms with Gasteiger partial charge in [-0.05, 0) is 23.8 Å². The number of carbonyl (C=O) groups is 1. The Morgan fingerprint density at radius 1 is 1.47 bits per heavy atom. The maximum absolute atomic E-state index is 11.5. The van der Waals surface area contributed by atoms with Crippen molar-refractivity contribution in [1.82, 2.24) is 5.01 Å². The molecule has 80 valence electrons. The van der Waals surface area contributed by atoms with Crippen LogP contribution in [0, 0.1) is 0 Å². The molecule has 0 saturated carbocycles. The van der Waals surface area contributed by atoms with Crippen molar-refractivity contribution in [3.05, 3.63) is 34.3 Å². The number of thiocarbonyl (C=S) groups is 1. The van der Waals surface area contributed by atoms with Crippen molar-refractivity contribution in [1.29, 1.82) is 0 Å². The van der Waals surface area contributed by atoms with E-state index in [9.17, 15) is 4.79 Å². The van der Waals surface area contributed by atoms with Gasteiger partial charge in [0.05, 0.1) is 6.42 Å². The third-order valence-corrected chi connectivity index (χ3v) is 2.78. The summed E-state index contributed by atoms with van der Waals surface area (Å²) in [6.45, 7) is 0. The largest absolute Gasteiger partial charge is 0.375 e. The lowest BCUT2D eigenvalue weighted by atomic mass is 10.1. The molecule has 0 saturated heterocycles. The van der Waals surface area contributed by atoms with Crippen LogP contribution in [-0.4, -0.2) is 16.0 Å². The molecule has 0 radical (unpaired) electrons. The van der Waals surface area contributed by atoms with E-state index in [2.05, 4.69) is 28.1 Å². The first-order valence-electron chi connectivity index (χ1n) is 4.13. The molecule has 4 N–H and O–H groups in total. The summed E-state index contributed by atoms with van der Waals surface area (Å²) >= 11 is 7.92. The molecule has 1 amide bonds. The molecule has 6 heteroatoms. The van der Waals surface area contributed by atoms with Gasteiger partial charge >= 0.3 is 0 Å². The number of benzene rings is 1. The molecule has 15 heavy (non-hydrogen) atoms. The maximum atomic E-state index is 11.5. The van der Waals surface area contributed by atoms with Crippen LogP contribution in [0.3, 0.4) is 0 Å². The third kappa shape index (κ3) is 3.26. The number of hydrogen-bond donors (Lipinski definition) is 2. The zero-order valence-corrected chi connectivity index (χ0v) is 10.2. The van der Waals surface area contributed by atoms with Gasteiger partial charge < -0.3 is 5.73 Å². The Bertz CT molecular complexity index is 397. The Morgan fingerprint density at radius 3 is 2.60 bits per heavy atom. The second-order valence-electron chi connectivity index (χ2n) is 2.87. The summed E-state index contributed by atoms with van der Waals surface area (Å²) in [5, 5.41) is 0.640. The fourth-order valence-electron chi connectivity index (χ4n) is 1.01. The second kappa shape index (κ2) is 5.20. The zero-order valence-electron chi connectivity index (χ0n) is 7.81. The van der Waals surface area contributed by atoms with Crippen LogP contribution < -0.4 is 11.6 Å². The smallest absolute Gasteiger partial charge is 0.247 e. The Morgan fingerprint density at radius 2 is 2.07 bits per heavy atom. The van der Waals surface area contributed by atoms with Crippen LogP contribution in [0.1, 0.15) is 5.56 Å². The van der Waals surface area contributed by atoms with Crippen LogP contribution in [0.5, 0.6) is 0 Å². The molecule has 1 aromatic carbocycles. The summed E-state index contributed by atoms with van der Waals surface area (Å²) in [5.41, 5.74) is 6.07. The number of hydrogen-bond acceptors (Lipinski definition) is 3. The van der Waals surface area contributed by atoms with Crippen molar-refractivity contribution in [2.24, 2.45) is 11.6 Å². The number of rotatable bonds is 2. The minimum atomic E-state index is -0.339. The van der Waals surface area contributed by atoms with Gasteiger partial charge in [-0.1, -0.05) is 34.1 Å². The average Bonchev–Trinajstić information content (AvgIpc) is 2.20. The van der Waals surface area contributed by atoms with Gasteiger partial charge in [0.2, 0.25) is 5.91 Å². The highest BCUT2D eigenvalue weighted by Gasteiger charge is 2.13. The van der Waals surface area contributed by atoms with E-state index in [1.165, 1.54) is 0 Å². The molecule has 0 aliphatic heterocycles. The first-order chi connectivity index (χ1) is 7.02. The minimum Gasteiger partial charge on any atom is -0.375 e. The van der Waals surface area contributed by atoms with Gasteiger partial charge in [-0.15, -0.1) is 0 Å². The zero-order chi connectivity index (χ0) is 11.4. The predicted molar refractivity (Wildman–Crippen MR) is 65.7 cm³/mol. The van der Waals surface area contributed by atoms with Gasteiger partial charge in [0.15, 0.2) is 5.11 Å². The van der Waals surface area contributed by atoms with Crippen LogP contribution in [0.4, 0.5) is 0 Å². The quantitative estimate of drug-likeness (QED) is 0.368. The average molecular weight is 288 g/mol. The minimum absolute atomic E-state index is 0.132. The van der Waals surface area contributed by atoms with E-state index in [0.717, 1.165) is 15.0 Å². The summed E-state index contributed by atoms with van der Waals surface area (Å²) < 4.78 is 0.856. The van der Waals surface area contributed by atoms with Crippen LogP contribution in [0.2, 0.25) is 0 Å². The van der Waals surface area contributed by atoms with Gasteiger partial charge in [0.25, 0.3) is 0 Å². The van der Waals surface area contributed by atoms with Crippen molar-refractivity contribution >= 4 is 39.2 Å². The molecule has 1 aromatic rings. The van der Waals surface area contributed by atoms with Gasteiger partial charge in [0.1, 0.15) is 0 Å². The number of carbonyl (C=O) groups excluding carboxylic acids is 1. The predicted octanol–water partition coefficient (Wildman–Crippen LogP) is 0.938. The fourth-order valence-corrected chi connectivity index (χ4v) is 1.54. The van der Waals surface area contributed by atoms with E-state index in [1.807, 2.05) is 24.3 Å². The monoisotopic (exact) mass is 287 g/mol. The highest BCUT2D eigenvalue weighted by Crippen LogP contribution is 2.16. The molecule has 0 heterocycles. The Balaban J connectivity index is 2.75. The van der Waals surface area contributed by atoms with Crippen LogP contribution in [0.25, 0.3) is 0 Å². The molecular weight excluding hydrogens is 278 g/mol. The molecule has 4 nitrogen and oxygen atoms in total. The van der Waals surface area contributed by atoms with E-state index in [4.69, 9.17) is 11.6 Å². The molecule has 0 bridgehead atoms. The molecule has 0 unspecified atom stereocenters. The molecule has 0 atom stereocenters. The van der Waals surface area contributed by atoms with E-state index in [1.54, 1.807) is 0 Å². The van der Waals surface area contributed by atoms with Crippen molar-refractivity contribution in [2.75, 3.05) is 0 Å².